The molecule has 1 N–H and O–H groups in total. The van der Waals surface area contributed by atoms with Crippen LogP contribution in [0, 0.1) is 13.8 Å². The summed E-state index contributed by atoms with van der Waals surface area (Å²) in [5.74, 6) is 0.454. The molecule has 35 heavy (non-hydrogen) atoms. The number of nitrogens with zero attached hydrogens (tertiary/aromatic N) is 3. The number of rotatable bonds is 6. The van der Waals surface area contributed by atoms with Crippen LogP contribution in [-0.4, -0.2) is 32.6 Å². The fourth-order valence-corrected chi connectivity index (χ4v) is 5.20. The number of pyridine rings is 1. The third kappa shape index (κ3) is 4.10. The van der Waals surface area contributed by atoms with Gasteiger partial charge < -0.3 is 23.9 Å². The second-order valence-electron chi connectivity index (χ2n) is 8.50. The Morgan fingerprint density at radius 1 is 1.14 bits per heavy atom. The molecule has 1 saturated heterocycles. The van der Waals surface area contributed by atoms with Gasteiger partial charge in [-0.1, -0.05) is 18.2 Å². The van der Waals surface area contributed by atoms with E-state index < -0.39 is 0 Å². The van der Waals surface area contributed by atoms with Gasteiger partial charge in [0, 0.05) is 17.6 Å². The van der Waals surface area contributed by atoms with Crippen molar-refractivity contribution in [1.82, 2.24) is 19.8 Å². The van der Waals surface area contributed by atoms with Gasteiger partial charge in [-0.25, -0.2) is 4.79 Å². The largest absolute Gasteiger partial charge is 0.467 e. The van der Waals surface area contributed by atoms with Crippen LogP contribution in [0.5, 0.6) is 0 Å². The third-order valence-electron chi connectivity index (χ3n) is 6.44. The lowest BCUT2D eigenvalue weighted by atomic mass is 9.96. The summed E-state index contributed by atoms with van der Waals surface area (Å²) in [6, 6.07) is 19.1. The highest BCUT2D eigenvalue weighted by Crippen LogP contribution is 2.42. The van der Waals surface area contributed by atoms with E-state index >= 15 is 0 Å². The summed E-state index contributed by atoms with van der Waals surface area (Å²) in [4.78, 5) is 19.3. The molecule has 178 valence electrons. The van der Waals surface area contributed by atoms with Gasteiger partial charge in [-0.3, -0.25) is 4.98 Å². The number of benzene rings is 1. The van der Waals surface area contributed by atoms with E-state index in [-0.39, 0.29) is 18.1 Å². The maximum absolute atomic E-state index is 12.5. The number of aromatic nitrogens is 2. The highest BCUT2D eigenvalue weighted by Gasteiger charge is 2.41. The van der Waals surface area contributed by atoms with Crippen LogP contribution in [0.3, 0.4) is 0 Å². The van der Waals surface area contributed by atoms with Gasteiger partial charge in [0.05, 0.1) is 48.9 Å². The minimum atomic E-state index is -0.371. The topological polar surface area (TPSA) is 72.5 Å². The highest BCUT2D eigenvalue weighted by molar-refractivity contribution is 7.80. The Hall–Kier alpha value is -3.91. The molecule has 2 atom stereocenters. The minimum Gasteiger partial charge on any atom is -0.467 e. The molecule has 7 nitrogen and oxygen atoms in total. The maximum Gasteiger partial charge on any atom is 0.339 e. The molecule has 1 aromatic carbocycles. The number of aryl methyl sites for hydroxylation is 1. The van der Waals surface area contributed by atoms with Crippen LogP contribution in [0.15, 0.2) is 77.5 Å². The Balaban J connectivity index is 1.64. The Morgan fingerprint density at radius 2 is 1.94 bits per heavy atom. The zero-order valence-corrected chi connectivity index (χ0v) is 20.6. The van der Waals surface area contributed by atoms with Gasteiger partial charge in [-0.15, -0.1) is 0 Å². The number of nitrogens with one attached hydrogen (secondary N) is 1. The van der Waals surface area contributed by atoms with Gasteiger partial charge in [-0.2, -0.15) is 0 Å². The van der Waals surface area contributed by atoms with Gasteiger partial charge in [0.1, 0.15) is 5.76 Å². The zero-order valence-electron chi connectivity index (χ0n) is 19.8. The van der Waals surface area contributed by atoms with Crippen molar-refractivity contribution in [3.8, 4) is 5.69 Å². The molecule has 8 heteroatoms. The molecule has 0 spiro atoms. The summed E-state index contributed by atoms with van der Waals surface area (Å²) in [7, 11) is 1.40. The first-order valence-electron chi connectivity index (χ1n) is 11.4. The lowest BCUT2D eigenvalue weighted by Crippen LogP contribution is -2.29. The van der Waals surface area contributed by atoms with Gasteiger partial charge in [-0.05, 0) is 74.1 Å². The highest BCUT2D eigenvalue weighted by atomic mass is 32.1. The molecule has 0 radical (unpaired) electrons. The average molecular weight is 487 g/mol. The monoisotopic (exact) mass is 486 g/mol. The molecular formula is C27H26N4O3S. The van der Waals surface area contributed by atoms with Crippen LogP contribution in [0.25, 0.3) is 5.69 Å². The van der Waals surface area contributed by atoms with Crippen molar-refractivity contribution in [1.29, 1.82) is 0 Å². The number of ether oxygens (including phenoxy) is 1. The van der Waals surface area contributed by atoms with Crippen LogP contribution in [0.2, 0.25) is 0 Å². The smallest absolute Gasteiger partial charge is 0.339 e. The molecule has 0 bridgehead atoms. The van der Waals surface area contributed by atoms with E-state index in [9.17, 15) is 4.79 Å². The Kier molecular flexibility index (Phi) is 6.13. The number of furan rings is 1. The fraction of sp³-hybridized carbons (Fsp3) is 0.222. The van der Waals surface area contributed by atoms with Gasteiger partial charge in [0.15, 0.2) is 5.11 Å². The first kappa shape index (κ1) is 22.9. The lowest BCUT2D eigenvalue weighted by molar-refractivity contribution is 0.0600. The molecule has 1 aliphatic heterocycles. The van der Waals surface area contributed by atoms with E-state index in [2.05, 4.69) is 32.8 Å². The molecule has 0 amide bonds. The van der Waals surface area contributed by atoms with Crippen molar-refractivity contribution >= 4 is 23.3 Å². The SMILES string of the molecule is COC(=O)c1ccccc1-n1c(C)cc([C@H]2[C@@H](c3ccccn3)NC(=S)N2Cc2ccco2)c1C. The molecule has 1 aliphatic rings. The normalized spacial score (nSPS) is 17.5. The fourth-order valence-electron chi connectivity index (χ4n) is 4.89. The number of hydrogen-bond donors (Lipinski definition) is 1. The van der Waals surface area contributed by atoms with E-state index in [1.54, 1.807) is 18.5 Å². The molecule has 4 aromatic rings. The van der Waals surface area contributed by atoms with Crippen LogP contribution < -0.4 is 5.32 Å². The molecule has 3 aromatic heterocycles. The lowest BCUT2D eigenvalue weighted by Gasteiger charge is -2.27. The summed E-state index contributed by atoms with van der Waals surface area (Å²) in [5, 5.41) is 4.13. The van der Waals surface area contributed by atoms with E-state index in [1.807, 2.05) is 55.5 Å². The quantitative estimate of drug-likeness (QED) is 0.302. The summed E-state index contributed by atoms with van der Waals surface area (Å²) in [6.45, 7) is 4.63. The van der Waals surface area contributed by atoms with E-state index in [4.69, 9.17) is 21.4 Å². The van der Waals surface area contributed by atoms with Crippen LogP contribution in [0.4, 0.5) is 0 Å². The number of carbonyl (C=O) groups excluding carboxylic acids is 1. The molecule has 0 unspecified atom stereocenters. The Morgan fingerprint density at radius 3 is 2.66 bits per heavy atom. The predicted molar refractivity (Wildman–Crippen MR) is 136 cm³/mol. The summed E-state index contributed by atoms with van der Waals surface area (Å²) >= 11 is 5.79. The van der Waals surface area contributed by atoms with E-state index in [0.717, 1.165) is 34.1 Å². The standard InChI is InChI=1S/C27H26N4O3S/c1-17-15-21(18(2)31(17)23-12-5-4-10-20(23)26(32)33-3)25-24(22-11-6-7-13-28-22)29-27(35)30(25)16-19-9-8-14-34-19/h4-15,24-25H,16H2,1-3H3,(H,29,35)/t24-,25+/m1/s1. The second kappa shape index (κ2) is 9.38. The van der Waals surface area contributed by atoms with Crippen molar-refractivity contribution in [3.63, 3.8) is 0 Å². The van der Waals surface area contributed by atoms with Crippen LogP contribution in [-0.2, 0) is 11.3 Å². The number of esters is 1. The van der Waals surface area contributed by atoms with Crippen molar-refractivity contribution in [2.45, 2.75) is 32.5 Å². The summed E-state index contributed by atoms with van der Waals surface area (Å²) < 4.78 is 12.8. The summed E-state index contributed by atoms with van der Waals surface area (Å²) in [5.41, 5.74) is 5.31. The van der Waals surface area contributed by atoms with Crippen molar-refractivity contribution < 1.29 is 13.9 Å². The number of methoxy groups -OCH3 is 1. The van der Waals surface area contributed by atoms with E-state index in [1.165, 1.54) is 7.11 Å². The first-order chi connectivity index (χ1) is 17.0. The molecular weight excluding hydrogens is 460 g/mol. The first-order valence-corrected chi connectivity index (χ1v) is 11.8. The molecule has 5 rings (SSSR count). The number of hydrogen-bond acceptors (Lipinski definition) is 5. The predicted octanol–water partition coefficient (Wildman–Crippen LogP) is 5.04. The second-order valence-corrected chi connectivity index (χ2v) is 8.89. The number of para-hydroxylation sites is 1. The van der Waals surface area contributed by atoms with Crippen molar-refractivity contribution in [2.75, 3.05) is 7.11 Å². The molecule has 0 aliphatic carbocycles. The maximum atomic E-state index is 12.5. The number of thiocarbonyl (C=S) groups is 1. The molecule has 1 fully saturated rings. The third-order valence-corrected chi connectivity index (χ3v) is 6.80. The van der Waals surface area contributed by atoms with Crippen LogP contribution >= 0.6 is 12.2 Å². The number of carbonyl (C=O) groups is 1. The minimum absolute atomic E-state index is 0.132. The van der Waals surface area contributed by atoms with Crippen molar-refractivity contribution in [2.24, 2.45) is 0 Å². The van der Waals surface area contributed by atoms with Gasteiger partial charge in [0.25, 0.3) is 0 Å². The zero-order chi connectivity index (χ0) is 24.5. The Labute approximate surface area is 209 Å². The van der Waals surface area contributed by atoms with Crippen molar-refractivity contribution in [3.05, 3.63) is 107 Å². The van der Waals surface area contributed by atoms with Crippen LogP contribution in [0.1, 0.15) is 50.8 Å². The average Bonchev–Trinajstić information content (AvgIpc) is 3.58. The molecule has 4 heterocycles. The van der Waals surface area contributed by atoms with Gasteiger partial charge in [0.2, 0.25) is 0 Å². The Bertz CT molecular complexity index is 1360. The van der Waals surface area contributed by atoms with Gasteiger partial charge >= 0.3 is 5.97 Å². The van der Waals surface area contributed by atoms with E-state index in [0.29, 0.717) is 17.2 Å². The molecule has 0 saturated carbocycles. The summed E-state index contributed by atoms with van der Waals surface area (Å²) in [6.07, 6.45) is 3.46.